The van der Waals surface area contributed by atoms with E-state index >= 15 is 0 Å². The van der Waals surface area contributed by atoms with Crippen molar-refractivity contribution in [2.45, 2.75) is 32.3 Å². The number of carboxylic acids is 1. The zero-order chi connectivity index (χ0) is 18.3. The Morgan fingerprint density at radius 1 is 1.28 bits per heavy atom. The maximum Gasteiger partial charge on any atom is 0.318 e. The Morgan fingerprint density at radius 2 is 2.00 bits per heavy atom. The number of ether oxygens (including phenoxy) is 1. The van der Waals surface area contributed by atoms with Gasteiger partial charge in [-0.3, -0.25) is 9.69 Å². The molecule has 0 aliphatic carbocycles. The molecule has 0 radical (unpaired) electrons. The maximum atomic E-state index is 11.9. The first kappa shape index (κ1) is 19.9. The molecular formula is C18H27NO5S. The molecule has 6 nitrogen and oxygen atoms in total. The molecule has 1 unspecified atom stereocenters. The van der Waals surface area contributed by atoms with E-state index in [2.05, 4.69) is 29.2 Å². The molecule has 1 fully saturated rings. The molecule has 0 aromatic heterocycles. The molecule has 25 heavy (non-hydrogen) atoms. The minimum atomic E-state index is -3.58. The van der Waals surface area contributed by atoms with E-state index in [1.165, 1.54) is 11.1 Å². The zero-order valence-electron chi connectivity index (χ0n) is 14.7. The van der Waals surface area contributed by atoms with Gasteiger partial charge in [-0.05, 0) is 31.7 Å². The third kappa shape index (κ3) is 7.54. The largest absolute Gasteiger partial charge is 0.480 e. The monoisotopic (exact) mass is 369 g/mol. The highest BCUT2D eigenvalue weighted by Crippen LogP contribution is 2.14. The molecule has 1 aromatic rings. The van der Waals surface area contributed by atoms with E-state index in [1.807, 2.05) is 6.92 Å². The highest BCUT2D eigenvalue weighted by atomic mass is 32.2. The number of carbonyl (C=O) groups is 1. The zero-order valence-corrected chi connectivity index (χ0v) is 15.5. The van der Waals surface area contributed by atoms with Crippen LogP contribution in [-0.2, 0) is 25.8 Å². The van der Waals surface area contributed by atoms with Crippen LogP contribution in [0.1, 0.15) is 24.0 Å². The van der Waals surface area contributed by atoms with E-state index in [0.29, 0.717) is 13.1 Å². The van der Waals surface area contributed by atoms with Crippen LogP contribution in [0.15, 0.2) is 24.3 Å². The van der Waals surface area contributed by atoms with Gasteiger partial charge in [-0.15, -0.1) is 0 Å². The molecule has 1 heterocycles. The molecule has 140 valence electrons. The van der Waals surface area contributed by atoms with Gasteiger partial charge in [0.15, 0.2) is 9.84 Å². The van der Waals surface area contributed by atoms with Crippen LogP contribution in [0.2, 0.25) is 0 Å². The maximum absolute atomic E-state index is 11.9. The van der Waals surface area contributed by atoms with E-state index in [9.17, 15) is 13.2 Å². The first-order valence-electron chi connectivity index (χ1n) is 8.66. The van der Waals surface area contributed by atoms with E-state index < -0.39 is 21.6 Å². The minimum Gasteiger partial charge on any atom is -0.480 e. The number of hydrogen-bond donors (Lipinski definition) is 1. The molecule has 1 saturated heterocycles. The second-order valence-electron chi connectivity index (χ2n) is 6.66. The summed E-state index contributed by atoms with van der Waals surface area (Å²) in [4.78, 5) is 12.7. The molecule has 1 atom stereocenters. The van der Waals surface area contributed by atoms with Crippen LogP contribution in [-0.4, -0.2) is 68.2 Å². The van der Waals surface area contributed by atoms with Gasteiger partial charge in [0.1, 0.15) is 5.75 Å². The van der Waals surface area contributed by atoms with E-state index in [4.69, 9.17) is 9.84 Å². The fraction of sp³-hybridized carbons (Fsp3) is 0.611. The van der Waals surface area contributed by atoms with Gasteiger partial charge in [-0.25, -0.2) is 8.42 Å². The lowest BCUT2D eigenvalue weighted by Crippen LogP contribution is -2.38. The second kappa shape index (κ2) is 9.31. The van der Waals surface area contributed by atoms with Crippen molar-refractivity contribution in [3.05, 3.63) is 35.4 Å². The highest BCUT2D eigenvalue weighted by molar-refractivity contribution is 7.92. The third-order valence-electron chi connectivity index (χ3n) is 4.39. The van der Waals surface area contributed by atoms with Crippen molar-refractivity contribution in [3.63, 3.8) is 0 Å². The average Bonchev–Trinajstić information content (AvgIpc) is 3.03. The first-order valence-corrected chi connectivity index (χ1v) is 10.5. The molecule has 0 saturated carbocycles. The quantitative estimate of drug-likeness (QED) is 0.673. The summed E-state index contributed by atoms with van der Waals surface area (Å²) in [6.45, 7) is 4.55. The topological polar surface area (TPSA) is 83.9 Å². The fourth-order valence-corrected chi connectivity index (χ4v) is 4.00. The number of carboxylic acid groups (broad SMARTS) is 1. The molecule has 1 N–H and O–H groups in total. The summed E-state index contributed by atoms with van der Waals surface area (Å²) >= 11 is 0. The number of rotatable bonds is 10. The van der Waals surface area contributed by atoms with Crippen molar-refractivity contribution in [3.8, 4) is 0 Å². The van der Waals surface area contributed by atoms with Crippen molar-refractivity contribution >= 4 is 15.8 Å². The molecule has 7 heteroatoms. The van der Waals surface area contributed by atoms with Gasteiger partial charge in [-0.2, -0.15) is 0 Å². The second-order valence-corrected chi connectivity index (χ2v) is 8.84. The van der Waals surface area contributed by atoms with E-state index in [0.717, 1.165) is 32.4 Å². The van der Waals surface area contributed by atoms with Crippen molar-refractivity contribution in [2.75, 3.05) is 37.7 Å². The van der Waals surface area contributed by atoms with Crippen LogP contribution in [0.25, 0.3) is 0 Å². The molecule has 1 aromatic carbocycles. The highest BCUT2D eigenvalue weighted by Gasteiger charge is 2.22. The standard InChI is InChI=1S/C18H27NO5S/c1-15-4-6-16(7-5-15)8-9-19(13-17-3-2-11-24-17)10-12-25(22,23)14-18(20)21/h4-7,17H,2-3,8-14H2,1H3,(H,20,21). The smallest absolute Gasteiger partial charge is 0.318 e. The Kier molecular flexibility index (Phi) is 7.40. The molecule has 2 rings (SSSR count). The number of nitrogens with zero attached hydrogens (tertiary/aromatic N) is 1. The normalized spacial score (nSPS) is 17.9. The Labute approximate surface area is 149 Å². The summed E-state index contributed by atoms with van der Waals surface area (Å²) in [5.41, 5.74) is 2.41. The molecule has 0 bridgehead atoms. The number of aryl methyl sites for hydroxylation is 1. The molecule has 1 aliphatic heterocycles. The van der Waals surface area contributed by atoms with Crippen molar-refractivity contribution < 1.29 is 23.1 Å². The van der Waals surface area contributed by atoms with Crippen molar-refractivity contribution in [1.29, 1.82) is 0 Å². The number of hydrogen-bond acceptors (Lipinski definition) is 5. The van der Waals surface area contributed by atoms with Crippen LogP contribution in [0, 0.1) is 6.92 Å². The predicted octanol–water partition coefficient (Wildman–Crippen LogP) is 1.52. The van der Waals surface area contributed by atoms with Gasteiger partial charge in [0.25, 0.3) is 0 Å². The summed E-state index contributed by atoms with van der Waals surface area (Å²) in [7, 11) is -3.58. The summed E-state index contributed by atoms with van der Waals surface area (Å²) in [6.07, 6.45) is 2.99. The number of sulfone groups is 1. The van der Waals surface area contributed by atoms with E-state index in [1.54, 1.807) is 0 Å². The van der Waals surface area contributed by atoms with Crippen LogP contribution >= 0.6 is 0 Å². The number of aliphatic carboxylic acids is 1. The Morgan fingerprint density at radius 3 is 2.60 bits per heavy atom. The van der Waals surface area contributed by atoms with Crippen LogP contribution in [0.5, 0.6) is 0 Å². The van der Waals surface area contributed by atoms with Crippen molar-refractivity contribution in [2.24, 2.45) is 0 Å². The van der Waals surface area contributed by atoms with Crippen molar-refractivity contribution in [1.82, 2.24) is 4.90 Å². The Bertz CT molecular complexity index is 651. The lowest BCUT2D eigenvalue weighted by Gasteiger charge is -2.25. The SMILES string of the molecule is Cc1ccc(CCN(CCS(=O)(=O)CC(=O)O)CC2CCCO2)cc1. The summed E-state index contributed by atoms with van der Waals surface area (Å²) in [5.74, 6) is -2.25. The van der Waals surface area contributed by atoms with Crippen LogP contribution < -0.4 is 0 Å². The van der Waals surface area contributed by atoms with Gasteiger partial charge in [0.2, 0.25) is 0 Å². The predicted molar refractivity (Wildman–Crippen MR) is 96.6 cm³/mol. The molecule has 1 aliphatic rings. The Balaban J connectivity index is 1.91. The van der Waals surface area contributed by atoms with Gasteiger partial charge >= 0.3 is 5.97 Å². The summed E-state index contributed by atoms with van der Waals surface area (Å²) in [6, 6.07) is 8.30. The summed E-state index contributed by atoms with van der Waals surface area (Å²) in [5, 5.41) is 8.71. The van der Waals surface area contributed by atoms with Gasteiger partial charge in [-0.1, -0.05) is 29.8 Å². The van der Waals surface area contributed by atoms with E-state index in [-0.39, 0.29) is 11.9 Å². The molecular weight excluding hydrogens is 342 g/mol. The van der Waals surface area contributed by atoms with Gasteiger partial charge in [0, 0.05) is 26.2 Å². The lowest BCUT2D eigenvalue weighted by molar-refractivity contribution is -0.134. The number of benzene rings is 1. The minimum absolute atomic E-state index is 0.139. The molecule has 0 spiro atoms. The van der Waals surface area contributed by atoms with Gasteiger partial charge < -0.3 is 9.84 Å². The molecule has 0 amide bonds. The lowest BCUT2D eigenvalue weighted by atomic mass is 10.1. The third-order valence-corrected chi connectivity index (χ3v) is 5.88. The average molecular weight is 369 g/mol. The first-order chi connectivity index (χ1) is 11.8. The summed E-state index contributed by atoms with van der Waals surface area (Å²) < 4.78 is 29.4. The fourth-order valence-electron chi connectivity index (χ4n) is 2.94. The Hall–Kier alpha value is -1.44. The van der Waals surface area contributed by atoms with Gasteiger partial charge in [0.05, 0.1) is 11.9 Å². The van der Waals surface area contributed by atoms with Crippen LogP contribution in [0.3, 0.4) is 0 Å². The van der Waals surface area contributed by atoms with Crippen LogP contribution in [0.4, 0.5) is 0 Å².